The van der Waals surface area contributed by atoms with E-state index in [2.05, 4.69) is 4.74 Å². The van der Waals surface area contributed by atoms with Crippen LogP contribution in [0.15, 0.2) is 12.3 Å². The molecular formula is C9H10O6. The summed E-state index contributed by atoms with van der Waals surface area (Å²) in [6.07, 6.45) is 0.880. The molecule has 6 heteroatoms. The zero-order valence-electron chi connectivity index (χ0n) is 8.06. The summed E-state index contributed by atoms with van der Waals surface area (Å²) in [5.41, 5.74) is 0. The summed E-state index contributed by atoms with van der Waals surface area (Å²) >= 11 is 0. The number of carboxylic acid groups (broad SMARTS) is 1. The zero-order valence-corrected chi connectivity index (χ0v) is 8.06. The maximum absolute atomic E-state index is 10.8. The molecule has 0 rings (SSSR count). The van der Waals surface area contributed by atoms with E-state index >= 15 is 0 Å². The fraction of sp³-hybridized carbons (Fsp3) is 0.333. The van der Waals surface area contributed by atoms with Gasteiger partial charge in [-0.2, -0.15) is 0 Å². The van der Waals surface area contributed by atoms with E-state index in [0.29, 0.717) is 12.3 Å². The minimum Gasteiger partial charge on any atom is -0.478 e. The number of carbonyl (C=O) groups excluding carboxylic acids is 3. The Bertz CT molecular complexity index is 315. The first-order valence-electron chi connectivity index (χ1n) is 4.06. The van der Waals surface area contributed by atoms with Crippen molar-refractivity contribution >= 4 is 23.5 Å². The van der Waals surface area contributed by atoms with Crippen molar-refractivity contribution in [1.82, 2.24) is 0 Å². The predicted octanol–water partition coefficient (Wildman–Crippen LogP) is 0.0662. The third-order valence-electron chi connectivity index (χ3n) is 1.36. The summed E-state index contributed by atoms with van der Waals surface area (Å²) in [7, 11) is 0. The van der Waals surface area contributed by atoms with Crippen LogP contribution >= 0.6 is 0 Å². The highest BCUT2D eigenvalue weighted by molar-refractivity contribution is 6.36. The summed E-state index contributed by atoms with van der Waals surface area (Å²) in [5.74, 6) is -3.29. The van der Waals surface area contributed by atoms with Crippen LogP contribution in [-0.4, -0.2) is 28.6 Å². The van der Waals surface area contributed by atoms with Crippen molar-refractivity contribution in [3.63, 3.8) is 0 Å². The molecule has 0 bridgehead atoms. The Labute approximate surface area is 85.5 Å². The first-order valence-corrected chi connectivity index (χ1v) is 4.06. The van der Waals surface area contributed by atoms with Gasteiger partial charge in [-0.05, 0) is 0 Å². The second kappa shape index (κ2) is 6.47. The molecule has 0 amide bonds. The van der Waals surface area contributed by atoms with E-state index in [4.69, 9.17) is 5.11 Å². The van der Waals surface area contributed by atoms with Gasteiger partial charge in [-0.3, -0.25) is 14.4 Å². The SMILES string of the molecule is CC(=O)C(=O)CCC(=O)OC=CC(=O)O. The lowest BCUT2D eigenvalue weighted by Crippen LogP contribution is -2.12. The molecule has 0 aromatic rings. The van der Waals surface area contributed by atoms with Crippen LogP contribution in [0.4, 0.5) is 0 Å². The minimum atomic E-state index is -1.25. The number of Topliss-reactive ketones (excluding diaryl/α,β-unsaturated/α-hetero) is 2. The molecule has 0 unspecified atom stereocenters. The smallest absolute Gasteiger partial charge is 0.331 e. The molecule has 0 aliphatic carbocycles. The van der Waals surface area contributed by atoms with Gasteiger partial charge in [0.15, 0.2) is 11.6 Å². The number of ether oxygens (including phenoxy) is 1. The van der Waals surface area contributed by atoms with E-state index in [9.17, 15) is 19.2 Å². The van der Waals surface area contributed by atoms with E-state index < -0.39 is 23.5 Å². The van der Waals surface area contributed by atoms with E-state index in [1.165, 1.54) is 0 Å². The highest BCUT2D eigenvalue weighted by Gasteiger charge is 2.10. The van der Waals surface area contributed by atoms with Gasteiger partial charge in [0.25, 0.3) is 0 Å². The van der Waals surface area contributed by atoms with E-state index in [1.54, 1.807) is 0 Å². The molecule has 0 radical (unpaired) electrons. The molecule has 0 heterocycles. The molecular weight excluding hydrogens is 204 g/mol. The minimum absolute atomic E-state index is 0.227. The van der Waals surface area contributed by atoms with Crippen LogP contribution in [0, 0.1) is 0 Å². The first kappa shape index (κ1) is 13.0. The quantitative estimate of drug-likeness (QED) is 0.290. The van der Waals surface area contributed by atoms with Crippen LogP contribution in [-0.2, 0) is 23.9 Å². The molecule has 0 aliphatic rings. The Balaban J connectivity index is 3.81. The molecule has 0 saturated carbocycles. The van der Waals surface area contributed by atoms with Gasteiger partial charge in [0.2, 0.25) is 0 Å². The molecule has 0 aromatic heterocycles. The number of carboxylic acids is 1. The average molecular weight is 214 g/mol. The van der Waals surface area contributed by atoms with Crippen LogP contribution in [0.1, 0.15) is 19.8 Å². The fourth-order valence-electron chi connectivity index (χ4n) is 0.619. The zero-order chi connectivity index (χ0) is 11.8. The molecule has 0 aromatic carbocycles. The predicted molar refractivity (Wildman–Crippen MR) is 47.8 cm³/mol. The van der Waals surface area contributed by atoms with Crippen molar-refractivity contribution in [2.45, 2.75) is 19.8 Å². The molecule has 0 spiro atoms. The van der Waals surface area contributed by atoms with Crippen molar-refractivity contribution in [3.8, 4) is 0 Å². The summed E-state index contributed by atoms with van der Waals surface area (Å²) < 4.78 is 4.32. The van der Waals surface area contributed by atoms with Crippen molar-refractivity contribution in [1.29, 1.82) is 0 Å². The van der Waals surface area contributed by atoms with E-state index in [1.807, 2.05) is 0 Å². The molecule has 6 nitrogen and oxygen atoms in total. The molecule has 0 atom stereocenters. The third-order valence-corrected chi connectivity index (χ3v) is 1.36. The van der Waals surface area contributed by atoms with Gasteiger partial charge < -0.3 is 9.84 Å². The maximum atomic E-state index is 10.8. The average Bonchev–Trinajstić information content (AvgIpc) is 2.13. The molecule has 15 heavy (non-hydrogen) atoms. The summed E-state index contributed by atoms with van der Waals surface area (Å²) in [4.78, 5) is 42.0. The Morgan fingerprint density at radius 1 is 1.20 bits per heavy atom. The molecule has 0 saturated heterocycles. The normalized spacial score (nSPS) is 9.93. The van der Waals surface area contributed by atoms with E-state index in [-0.39, 0.29) is 12.8 Å². The molecule has 0 aliphatic heterocycles. The van der Waals surface area contributed by atoms with Crippen LogP contribution in [0.25, 0.3) is 0 Å². The maximum Gasteiger partial charge on any atom is 0.331 e. The van der Waals surface area contributed by atoms with Crippen molar-refractivity contribution < 1.29 is 29.0 Å². The van der Waals surface area contributed by atoms with Gasteiger partial charge in [-0.15, -0.1) is 0 Å². The summed E-state index contributed by atoms with van der Waals surface area (Å²) in [6.45, 7) is 1.11. The van der Waals surface area contributed by atoms with Crippen molar-refractivity contribution in [2.75, 3.05) is 0 Å². The monoisotopic (exact) mass is 214 g/mol. The second-order valence-corrected chi connectivity index (χ2v) is 2.61. The lowest BCUT2D eigenvalue weighted by atomic mass is 10.2. The summed E-state index contributed by atoms with van der Waals surface area (Å²) in [5, 5.41) is 8.14. The summed E-state index contributed by atoms with van der Waals surface area (Å²) in [6, 6.07) is 0. The van der Waals surface area contributed by atoms with E-state index in [0.717, 1.165) is 6.92 Å². The molecule has 0 fully saturated rings. The third kappa shape index (κ3) is 7.12. The number of esters is 1. The molecule has 82 valence electrons. The lowest BCUT2D eigenvalue weighted by Gasteiger charge is -1.96. The van der Waals surface area contributed by atoms with Crippen LogP contribution in [0.5, 0.6) is 0 Å². The number of hydrogen-bond donors (Lipinski definition) is 1. The highest BCUT2D eigenvalue weighted by Crippen LogP contribution is 1.95. The number of aliphatic carboxylic acids is 1. The van der Waals surface area contributed by atoms with Crippen molar-refractivity contribution in [2.24, 2.45) is 0 Å². The van der Waals surface area contributed by atoms with Gasteiger partial charge >= 0.3 is 11.9 Å². The number of hydrogen-bond acceptors (Lipinski definition) is 5. The Kier molecular flexibility index (Phi) is 5.62. The lowest BCUT2D eigenvalue weighted by molar-refractivity contribution is -0.141. The molecule has 1 N–H and O–H groups in total. The van der Waals surface area contributed by atoms with Crippen LogP contribution in [0.2, 0.25) is 0 Å². The number of ketones is 2. The van der Waals surface area contributed by atoms with Crippen LogP contribution in [0.3, 0.4) is 0 Å². The largest absolute Gasteiger partial charge is 0.478 e. The van der Waals surface area contributed by atoms with Crippen LogP contribution < -0.4 is 0 Å². The van der Waals surface area contributed by atoms with Crippen molar-refractivity contribution in [3.05, 3.63) is 12.3 Å². The first-order chi connectivity index (χ1) is 6.93. The Morgan fingerprint density at radius 2 is 1.80 bits per heavy atom. The number of rotatable bonds is 6. The van der Waals surface area contributed by atoms with Gasteiger partial charge in [0.05, 0.1) is 12.5 Å². The Morgan fingerprint density at radius 3 is 2.27 bits per heavy atom. The standard InChI is InChI=1S/C9H10O6/c1-6(10)7(11)2-3-9(14)15-5-4-8(12)13/h4-5H,2-3H2,1H3,(H,12,13). The highest BCUT2D eigenvalue weighted by atomic mass is 16.5. The topological polar surface area (TPSA) is 97.7 Å². The Hall–Kier alpha value is -1.98. The second-order valence-electron chi connectivity index (χ2n) is 2.61. The fourth-order valence-corrected chi connectivity index (χ4v) is 0.619. The van der Waals surface area contributed by atoms with Gasteiger partial charge in [-0.25, -0.2) is 4.79 Å². The van der Waals surface area contributed by atoms with Gasteiger partial charge in [0, 0.05) is 13.3 Å². The van der Waals surface area contributed by atoms with Gasteiger partial charge in [0.1, 0.15) is 6.26 Å². The number of carbonyl (C=O) groups is 4. The van der Waals surface area contributed by atoms with Gasteiger partial charge in [-0.1, -0.05) is 0 Å².